The third-order valence-corrected chi connectivity index (χ3v) is 14.1. The Labute approximate surface area is 312 Å². The molecule has 254 valence electrons. The number of hydrogen-bond donors (Lipinski definition) is 0. The molecule has 8 aromatic rings. The standard InChI is InChI=1S/C53H42/c1-2-12-34(13-3-1)39-15-6-7-17-41(39)52-44-20-10-8-18-42(44)50(43-19-9-11-21-45(43)52)36-23-24-46-48(31-36)51-40-16-5-4-14-35(40)22-25-47(51)53(46)49-37-27-32-26-33(29-37)30-38(49)28-32/h1-25,31-33,37-38,49,53H,26-30H2. The van der Waals surface area contributed by atoms with Crippen LogP contribution in [0.2, 0.25) is 0 Å². The van der Waals surface area contributed by atoms with Gasteiger partial charge in [-0.25, -0.2) is 0 Å². The van der Waals surface area contributed by atoms with Crippen LogP contribution in [0.25, 0.3) is 76.8 Å². The largest absolute Gasteiger partial charge is 0.0622 e. The maximum atomic E-state index is 2.60. The molecule has 0 spiro atoms. The SMILES string of the molecule is c1ccc(-c2ccccc2-c2c3ccccc3c(-c3ccc4c(c3)-c3c(ccc5ccccc35)C4C3C4CC5CC(C4)CC3C5)c3ccccc23)cc1. The fourth-order valence-electron chi connectivity index (χ4n) is 12.4. The van der Waals surface area contributed by atoms with E-state index in [1.807, 2.05) is 0 Å². The van der Waals surface area contributed by atoms with Gasteiger partial charge in [-0.15, -0.1) is 0 Å². The van der Waals surface area contributed by atoms with Crippen molar-refractivity contribution in [1.82, 2.24) is 0 Å². The molecule has 0 heterocycles. The lowest BCUT2D eigenvalue weighted by atomic mass is 9.49. The highest BCUT2D eigenvalue weighted by Crippen LogP contribution is 2.64. The van der Waals surface area contributed by atoms with E-state index in [1.54, 1.807) is 11.1 Å². The van der Waals surface area contributed by atoms with Gasteiger partial charge in [-0.2, -0.15) is 0 Å². The van der Waals surface area contributed by atoms with E-state index in [4.69, 9.17) is 0 Å². The maximum absolute atomic E-state index is 2.60. The Kier molecular flexibility index (Phi) is 6.53. The normalized spacial score (nSPS) is 23.8. The molecule has 0 aromatic heterocycles. The van der Waals surface area contributed by atoms with Crippen LogP contribution in [0.15, 0.2) is 158 Å². The molecule has 0 amide bonds. The molecular formula is C53H42. The fourth-order valence-corrected chi connectivity index (χ4v) is 12.4. The molecule has 0 nitrogen and oxygen atoms in total. The molecule has 1 unspecified atom stereocenters. The lowest BCUT2D eigenvalue weighted by Crippen LogP contribution is -2.47. The summed E-state index contributed by atoms with van der Waals surface area (Å²) in [5, 5.41) is 8.02. The maximum Gasteiger partial charge on any atom is 0.0135 e. The van der Waals surface area contributed by atoms with Crippen molar-refractivity contribution in [2.24, 2.45) is 29.6 Å². The van der Waals surface area contributed by atoms with E-state index < -0.39 is 0 Å². The average Bonchev–Trinajstić information content (AvgIpc) is 3.53. The van der Waals surface area contributed by atoms with Gasteiger partial charge in [0.15, 0.2) is 0 Å². The summed E-state index contributed by atoms with van der Waals surface area (Å²) >= 11 is 0. The number of fused-ring (bicyclic) bond motifs is 7. The molecule has 0 N–H and O–H groups in total. The molecule has 4 fully saturated rings. The molecule has 5 aliphatic rings. The minimum absolute atomic E-state index is 0.499. The number of benzene rings is 8. The van der Waals surface area contributed by atoms with Gasteiger partial charge in [-0.3, -0.25) is 0 Å². The summed E-state index contributed by atoms with van der Waals surface area (Å²) < 4.78 is 0. The molecule has 1 atom stereocenters. The zero-order valence-corrected chi connectivity index (χ0v) is 30.0. The van der Waals surface area contributed by atoms with E-state index >= 15 is 0 Å². The first-order chi connectivity index (χ1) is 26.3. The van der Waals surface area contributed by atoms with Crippen molar-refractivity contribution < 1.29 is 0 Å². The zero-order valence-electron chi connectivity index (χ0n) is 30.0. The highest BCUT2D eigenvalue weighted by molar-refractivity contribution is 6.22. The Morgan fingerprint density at radius 2 is 0.887 bits per heavy atom. The van der Waals surface area contributed by atoms with E-state index in [-0.39, 0.29) is 0 Å². The van der Waals surface area contributed by atoms with Crippen LogP contribution in [0.4, 0.5) is 0 Å². The van der Waals surface area contributed by atoms with E-state index in [0.29, 0.717) is 5.92 Å². The lowest BCUT2D eigenvalue weighted by molar-refractivity contribution is -0.0424. The van der Waals surface area contributed by atoms with Crippen LogP contribution >= 0.6 is 0 Å². The first-order valence-electron chi connectivity index (χ1n) is 20.0. The third kappa shape index (κ3) is 4.42. The van der Waals surface area contributed by atoms with Gasteiger partial charge in [0.1, 0.15) is 0 Å². The summed E-state index contributed by atoms with van der Waals surface area (Å²) in [6.07, 6.45) is 7.35. The van der Waals surface area contributed by atoms with Crippen LogP contribution < -0.4 is 0 Å². The lowest BCUT2D eigenvalue weighted by Gasteiger charge is -2.56. The highest BCUT2D eigenvalue weighted by Gasteiger charge is 2.52. The monoisotopic (exact) mass is 678 g/mol. The Hall–Kier alpha value is -5.46. The van der Waals surface area contributed by atoms with Crippen molar-refractivity contribution in [2.45, 2.75) is 38.0 Å². The van der Waals surface area contributed by atoms with Crippen molar-refractivity contribution in [3.8, 4) is 44.5 Å². The predicted molar refractivity (Wildman–Crippen MR) is 223 cm³/mol. The van der Waals surface area contributed by atoms with Gasteiger partial charge in [0, 0.05) is 5.92 Å². The minimum Gasteiger partial charge on any atom is -0.0622 e. The van der Waals surface area contributed by atoms with Crippen molar-refractivity contribution in [2.75, 3.05) is 0 Å². The van der Waals surface area contributed by atoms with Crippen molar-refractivity contribution in [1.29, 1.82) is 0 Å². The van der Waals surface area contributed by atoms with Crippen LogP contribution in [0.3, 0.4) is 0 Å². The van der Waals surface area contributed by atoms with Gasteiger partial charge in [0.2, 0.25) is 0 Å². The fraction of sp³-hybridized carbons (Fsp3) is 0.208. The molecule has 53 heavy (non-hydrogen) atoms. The zero-order chi connectivity index (χ0) is 34.6. The summed E-state index contributed by atoms with van der Waals surface area (Å²) in [6.45, 7) is 0. The predicted octanol–water partition coefficient (Wildman–Crippen LogP) is 14.3. The van der Waals surface area contributed by atoms with Crippen LogP contribution in [-0.2, 0) is 0 Å². The van der Waals surface area contributed by atoms with Gasteiger partial charge in [0.05, 0.1) is 0 Å². The molecule has 5 aliphatic carbocycles. The Balaban J connectivity index is 1.10. The van der Waals surface area contributed by atoms with Crippen molar-refractivity contribution in [3.05, 3.63) is 169 Å². The second kappa shape index (κ2) is 11.5. The first-order valence-corrected chi connectivity index (χ1v) is 20.0. The molecule has 0 heteroatoms. The van der Waals surface area contributed by atoms with Gasteiger partial charge in [-0.05, 0) is 156 Å². The molecule has 0 aliphatic heterocycles. The van der Waals surface area contributed by atoms with Crippen LogP contribution in [0, 0.1) is 29.6 Å². The Morgan fingerprint density at radius 3 is 1.57 bits per heavy atom. The Bertz CT molecular complexity index is 2660. The van der Waals surface area contributed by atoms with Gasteiger partial charge in [0.25, 0.3) is 0 Å². The summed E-state index contributed by atoms with van der Waals surface area (Å²) in [5.41, 5.74) is 13.9. The second-order valence-corrected chi connectivity index (χ2v) is 16.8. The van der Waals surface area contributed by atoms with E-state index in [1.165, 1.54) is 109 Å². The van der Waals surface area contributed by atoms with Crippen LogP contribution in [0.1, 0.15) is 49.1 Å². The molecular weight excluding hydrogens is 637 g/mol. The summed E-state index contributed by atoms with van der Waals surface area (Å²) in [5.74, 6) is 4.98. The second-order valence-electron chi connectivity index (χ2n) is 16.8. The summed E-state index contributed by atoms with van der Waals surface area (Å²) in [6, 6.07) is 59.9. The van der Waals surface area contributed by atoms with Gasteiger partial charge < -0.3 is 0 Å². The molecule has 0 radical (unpaired) electrons. The topological polar surface area (TPSA) is 0 Å². The molecule has 0 saturated heterocycles. The van der Waals surface area contributed by atoms with E-state index in [0.717, 1.165) is 29.6 Å². The van der Waals surface area contributed by atoms with Crippen molar-refractivity contribution >= 4 is 32.3 Å². The molecule has 4 saturated carbocycles. The number of hydrogen-bond acceptors (Lipinski definition) is 0. The van der Waals surface area contributed by atoms with Gasteiger partial charge in [-0.1, -0.05) is 152 Å². The van der Waals surface area contributed by atoms with Crippen molar-refractivity contribution in [3.63, 3.8) is 0 Å². The van der Waals surface area contributed by atoms with Gasteiger partial charge >= 0.3 is 0 Å². The smallest absolute Gasteiger partial charge is 0.0135 e. The molecule has 13 rings (SSSR count). The van der Waals surface area contributed by atoms with Crippen LogP contribution in [0.5, 0.6) is 0 Å². The minimum atomic E-state index is 0.499. The van der Waals surface area contributed by atoms with E-state index in [2.05, 4.69) is 158 Å². The average molecular weight is 679 g/mol. The summed E-state index contributed by atoms with van der Waals surface area (Å²) in [7, 11) is 0. The quantitative estimate of drug-likeness (QED) is 0.163. The molecule has 4 bridgehead atoms. The summed E-state index contributed by atoms with van der Waals surface area (Å²) in [4.78, 5) is 0. The first kappa shape index (κ1) is 30.0. The Morgan fingerprint density at radius 1 is 0.340 bits per heavy atom. The molecule has 8 aromatic carbocycles. The third-order valence-electron chi connectivity index (χ3n) is 14.1. The van der Waals surface area contributed by atoms with Crippen LogP contribution in [-0.4, -0.2) is 0 Å². The van der Waals surface area contributed by atoms with E-state index in [9.17, 15) is 0 Å². The number of rotatable bonds is 4. The highest BCUT2D eigenvalue weighted by atomic mass is 14.6.